The van der Waals surface area contributed by atoms with Gasteiger partial charge in [-0.1, -0.05) is 0 Å². The van der Waals surface area contributed by atoms with E-state index in [1.54, 1.807) is 0 Å². The molecule has 1 saturated heterocycles. The Hall–Kier alpha value is -0.360. The molecule has 3 N–H and O–H groups in total. The number of aliphatic hydroxyl groups is 3. The Labute approximate surface area is 148 Å². The van der Waals surface area contributed by atoms with Gasteiger partial charge in [-0.3, -0.25) is 0 Å². The van der Waals surface area contributed by atoms with Crippen molar-refractivity contribution in [3.8, 4) is 0 Å². The van der Waals surface area contributed by atoms with E-state index < -0.39 is 30.7 Å². The van der Waals surface area contributed by atoms with E-state index in [9.17, 15) is 0 Å². The molecule has 0 aromatic carbocycles. The van der Waals surface area contributed by atoms with Crippen molar-refractivity contribution >= 4 is 0 Å². The van der Waals surface area contributed by atoms with Gasteiger partial charge in [-0.2, -0.15) is 0 Å². The molecule has 0 radical (unpaired) electrons. The van der Waals surface area contributed by atoms with Crippen LogP contribution in [0.1, 0.15) is 13.8 Å². The molecule has 1 aliphatic heterocycles. The van der Waals surface area contributed by atoms with Crippen LogP contribution in [0.3, 0.4) is 0 Å². The van der Waals surface area contributed by atoms with Gasteiger partial charge in [-0.15, -0.1) is 0 Å². The standard InChI is InChI=1S/C16H32O9/c1-3-21-13-12(11-20-8-5-17)25-16(22-4-2)15(24-10-7-19)14(13)23-9-6-18/h12-19H,3-11H2,1-2H3. The highest BCUT2D eigenvalue weighted by Gasteiger charge is 2.48. The molecule has 0 bridgehead atoms. The Morgan fingerprint density at radius 2 is 1.32 bits per heavy atom. The van der Waals surface area contributed by atoms with Gasteiger partial charge < -0.3 is 43.7 Å². The summed E-state index contributed by atoms with van der Waals surface area (Å²) >= 11 is 0. The smallest absolute Gasteiger partial charge is 0.186 e. The van der Waals surface area contributed by atoms with Crippen molar-refractivity contribution in [2.45, 2.75) is 44.6 Å². The van der Waals surface area contributed by atoms with Crippen molar-refractivity contribution in [2.24, 2.45) is 0 Å². The van der Waals surface area contributed by atoms with Gasteiger partial charge in [0.15, 0.2) is 6.29 Å². The molecule has 0 aromatic heterocycles. The molecule has 0 aliphatic carbocycles. The number of hydrogen-bond donors (Lipinski definition) is 3. The van der Waals surface area contributed by atoms with Gasteiger partial charge in [0.05, 0.1) is 46.2 Å². The van der Waals surface area contributed by atoms with Gasteiger partial charge in [-0.25, -0.2) is 0 Å². The summed E-state index contributed by atoms with van der Waals surface area (Å²) in [6.45, 7) is 4.72. The number of aliphatic hydroxyl groups excluding tert-OH is 3. The zero-order valence-electron chi connectivity index (χ0n) is 15.0. The zero-order chi connectivity index (χ0) is 18.5. The summed E-state index contributed by atoms with van der Waals surface area (Å²) in [6, 6.07) is 0. The quantitative estimate of drug-likeness (QED) is 0.329. The van der Waals surface area contributed by atoms with E-state index in [1.165, 1.54) is 0 Å². The average Bonchev–Trinajstić information content (AvgIpc) is 2.61. The lowest BCUT2D eigenvalue weighted by atomic mass is 9.98. The predicted octanol–water partition coefficient (Wildman–Crippen LogP) is -1.08. The van der Waals surface area contributed by atoms with E-state index in [0.717, 1.165) is 0 Å². The maximum absolute atomic E-state index is 9.12. The van der Waals surface area contributed by atoms with Crippen molar-refractivity contribution in [1.82, 2.24) is 0 Å². The van der Waals surface area contributed by atoms with Gasteiger partial charge >= 0.3 is 0 Å². The van der Waals surface area contributed by atoms with E-state index >= 15 is 0 Å². The van der Waals surface area contributed by atoms with Gasteiger partial charge in [-0.05, 0) is 13.8 Å². The Morgan fingerprint density at radius 3 is 1.88 bits per heavy atom. The van der Waals surface area contributed by atoms with E-state index in [0.29, 0.717) is 13.2 Å². The van der Waals surface area contributed by atoms with Crippen LogP contribution in [0.5, 0.6) is 0 Å². The monoisotopic (exact) mass is 368 g/mol. The fraction of sp³-hybridized carbons (Fsp3) is 1.00. The number of rotatable bonds is 14. The number of hydrogen-bond acceptors (Lipinski definition) is 9. The fourth-order valence-corrected chi connectivity index (χ4v) is 2.71. The summed E-state index contributed by atoms with van der Waals surface area (Å²) in [5.41, 5.74) is 0. The van der Waals surface area contributed by atoms with Crippen LogP contribution in [-0.2, 0) is 28.4 Å². The van der Waals surface area contributed by atoms with Crippen LogP contribution in [0.15, 0.2) is 0 Å². The molecule has 0 spiro atoms. The first-order chi connectivity index (χ1) is 12.2. The Balaban J connectivity index is 2.95. The van der Waals surface area contributed by atoms with Crippen molar-refractivity contribution in [2.75, 3.05) is 59.5 Å². The second-order valence-electron chi connectivity index (χ2n) is 5.33. The summed E-state index contributed by atoms with van der Waals surface area (Å²) in [5, 5.41) is 27.1. The normalized spacial score (nSPS) is 29.9. The second-order valence-corrected chi connectivity index (χ2v) is 5.33. The van der Waals surface area contributed by atoms with Gasteiger partial charge in [0.25, 0.3) is 0 Å². The summed E-state index contributed by atoms with van der Waals surface area (Å²) in [4.78, 5) is 0. The molecular weight excluding hydrogens is 336 g/mol. The third-order valence-corrected chi connectivity index (χ3v) is 3.60. The molecule has 0 amide bonds. The summed E-state index contributed by atoms with van der Waals surface area (Å²) in [7, 11) is 0. The van der Waals surface area contributed by atoms with Crippen molar-refractivity contribution < 1.29 is 43.7 Å². The third-order valence-electron chi connectivity index (χ3n) is 3.60. The molecule has 25 heavy (non-hydrogen) atoms. The highest BCUT2D eigenvalue weighted by atomic mass is 16.7. The second kappa shape index (κ2) is 13.8. The van der Waals surface area contributed by atoms with E-state index in [4.69, 9.17) is 43.7 Å². The van der Waals surface area contributed by atoms with Crippen LogP contribution in [0, 0.1) is 0 Å². The van der Waals surface area contributed by atoms with Crippen LogP contribution < -0.4 is 0 Å². The minimum atomic E-state index is -0.723. The molecule has 5 atom stereocenters. The summed E-state index contributed by atoms with van der Waals surface area (Å²) < 4.78 is 34.3. The van der Waals surface area contributed by atoms with E-state index in [-0.39, 0.29) is 46.2 Å². The van der Waals surface area contributed by atoms with Crippen LogP contribution in [0.2, 0.25) is 0 Å². The Morgan fingerprint density at radius 1 is 0.720 bits per heavy atom. The molecule has 1 rings (SSSR count). The highest BCUT2D eigenvalue weighted by Crippen LogP contribution is 2.29. The van der Waals surface area contributed by atoms with E-state index in [1.807, 2.05) is 13.8 Å². The molecule has 0 saturated carbocycles. The van der Waals surface area contributed by atoms with Crippen molar-refractivity contribution in [1.29, 1.82) is 0 Å². The molecule has 9 heteroatoms. The molecular formula is C16H32O9. The lowest BCUT2D eigenvalue weighted by Gasteiger charge is -2.45. The lowest BCUT2D eigenvalue weighted by Crippen LogP contribution is -2.62. The molecule has 1 aliphatic rings. The van der Waals surface area contributed by atoms with Crippen LogP contribution in [0.25, 0.3) is 0 Å². The van der Waals surface area contributed by atoms with Crippen LogP contribution >= 0.6 is 0 Å². The zero-order valence-corrected chi connectivity index (χ0v) is 15.0. The van der Waals surface area contributed by atoms with Crippen LogP contribution in [-0.4, -0.2) is 105 Å². The molecule has 9 nitrogen and oxygen atoms in total. The van der Waals surface area contributed by atoms with Crippen molar-refractivity contribution in [3.63, 3.8) is 0 Å². The molecule has 5 unspecified atom stereocenters. The fourth-order valence-electron chi connectivity index (χ4n) is 2.71. The SMILES string of the molecule is CCOC1OC(COCCO)C(OCC)C(OCCO)C1OCCO. The van der Waals surface area contributed by atoms with Gasteiger partial charge in [0.1, 0.15) is 24.4 Å². The topological polar surface area (TPSA) is 116 Å². The molecule has 1 heterocycles. The Bertz CT molecular complexity index is 318. The molecule has 150 valence electrons. The maximum atomic E-state index is 9.12. The maximum Gasteiger partial charge on any atom is 0.186 e. The van der Waals surface area contributed by atoms with Crippen molar-refractivity contribution in [3.05, 3.63) is 0 Å². The molecule has 1 fully saturated rings. The molecule has 0 aromatic rings. The Kier molecular flexibility index (Phi) is 12.5. The van der Waals surface area contributed by atoms with Crippen LogP contribution in [0.4, 0.5) is 0 Å². The first-order valence-electron chi connectivity index (χ1n) is 8.75. The third kappa shape index (κ3) is 7.41. The van der Waals surface area contributed by atoms with Gasteiger partial charge in [0, 0.05) is 13.2 Å². The minimum absolute atomic E-state index is 0.0897. The lowest BCUT2D eigenvalue weighted by molar-refractivity contribution is -0.323. The van der Waals surface area contributed by atoms with Gasteiger partial charge in [0.2, 0.25) is 0 Å². The first-order valence-corrected chi connectivity index (χ1v) is 8.75. The highest BCUT2D eigenvalue weighted by molar-refractivity contribution is 4.93. The summed E-state index contributed by atoms with van der Waals surface area (Å²) in [5.74, 6) is 0. The predicted molar refractivity (Wildman–Crippen MR) is 87.3 cm³/mol. The number of ether oxygens (including phenoxy) is 6. The largest absolute Gasteiger partial charge is 0.394 e. The first kappa shape index (κ1) is 22.7. The van der Waals surface area contributed by atoms with E-state index in [2.05, 4.69) is 0 Å². The minimum Gasteiger partial charge on any atom is -0.394 e. The average molecular weight is 368 g/mol. The summed E-state index contributed by atoms with van der Waals surface area (Å²) in [6.07, 6.45) is -2.90.